The standard InChI is InChI=1S/C12H16OS/c1-2-10-6-7-11(14-10)8-12(13)9-4-3-5-9/h6-7,9H,2-5,8H2,1H3. The van der Waals surface area contributed by atoms with Crippen molar-refractivity contribution in [3.8, 4) is 0 Å². The molecule has 1 heterocycles. The smallest absolute Gasteiger partial charge is 0.141 e. The summed E-state index contributed by atoms with van der Waals surface area (Å²) in [5, 5.41) is 0. The molecule has 14 heavy (non-hydrogen) atoms. The molecular formula is C12H16OS. The van der Waals surface area contributed by atoms with Gasteiger partial charge in [-0.25, -0.2) is 0 Å². The summed E-state index contributed by atoms with van der Waals surface area (Å²) in [5.41, 5.74) is 0. The highest BCUT2D eigenvalue weighted by Crippen LogP contribution is 2.29. The highest BCUT2D eigenvalue weighted by atomic mass is 32.1. The molecule has 0 unspecified atom stereocenters. The molecule has 1 fully saturated rings. The largest absolute Gasteiger partial charge is 0.299 e. The minimum atomic E-state index is 0.391. The number of Topliss-reactive ketones (excluding diaryl/α,β-unsaturated/α-hetero) is 1. The van der Waals surface area contributed by atoms with Crippen LogP contribution in [-0.4, -0.2) is 5.78 Å². The average molecular weight is 208 g/mol. The van der Waals surface area contributed by atoms with Gasteiger partial charge in [-0.2, -0.15) is 0 Å². The maximum Gasteiger partial charge on any atom is 0.141 e. The molecule has 1 aliphatic carbocycles. The average Bonchev–Trinajstić information content (AvgIpc) is 2.48. The highest BCUT2D eigenvalue weighted by Gasteiger charge is 2.25. The Morgan fingerprint density at radius 2 is 2.14 bits per heavy atom. The van der Waals surface area contributed by atoms with E-state index in [1.54, 1.807) is 11.3 Å². The van der Waals surface area contributed by atoms with E-state index in [1.807, 2.05) is 0 Å². The molecule has 0 spiro atoms. The fraction of sp³-hybridized carbons (Fsp3) is 0.583. The van der Waals surface area contributed by atoms with Gasteiger partial charge in [0, 0.05) is 22.1 Å². The molecule has 0 bridgehead atoms. The fourth-order valence-corrected chi connectivity index (χ4v) is 2.72. The Bertz CT molecular complexity index is 323. The molecule has 0 amide bonds. The first-order chi connectivity index (χ1) is 6.79. The lowest BCUT2D eigenvalue weighted by Gasteiger charge is -2.23. The van der Waals surface area contributed by atoms with Crippen LogP contribution in [0, 0.1) is 5.92 Å². The van der Waals surface area contributed by atoms with Gasteiger partial charge in [0.1, 0.15) is 5.78 Å². The Morgan fingerprint density at radius 3 is 2.64 bits per heavy atom. The fourth-order valence-electron chi connectivity index (χ4n) is 1.75. The summed E-state index contributed by atoms with van der Waals surface area (Å²) in [7, 11) is 0. The summed E-state index contributed by atoms with van der Waals surface area (Å²) in [6.45, 7) is 2.16. The van der Waals surface area contributed by atoms with Gasteiger partial charge < -0.3 is 0 Å². The van der Waals surface area contributed by atoms with Gasteiger partial charge >= 0.3 is 0 Å². The molecule has 0 N–H and O–H groups in total. The first-order valence-electron chi connectivity index (χ1n) is 5.40. The van der Waals surface area contributed by atoms with E-state index in [-0.39, 0.29) is 0 Å². The molecule has 76 valence electrons. The van der Waals surface area contributed by atoms with Crippen molar-refractivity contribution >= 4 is 17.1 Å². The molecule has 0 saturated heterocycles. The van der Waals surface area contributed by atoms with E-state index >= 15 is 0 Å². The van der Waals surface area contributed by atoms with Crippen LogP contribution in [0.5, 0.6) is 0 Å². The van der Waals surface area contributed by atoms with Crippen LogP contribution in [0.3, 0.4) is 0 Å². The van der Waals surface area contributed by atoms with E-state index in [9.17, 15) is 4.79 Å². The van der Waals surface area contributed by atoms with E-state index in [2.05, 4.69) is 19.1 Å². The van der Waals surface area contributed by atoms with Crippen molar-refractivity contribution in [3.63, 3.8) is 0 Å². The molecule has 1 aromatic heterocycles. The second-order valence-corrected chi connectivity index (χ2v) is 5.25. The monoisotopic (exact) mass is 208 g/mol. The molecule has 1 saturated carbocycles. The van der Waals surface area contributed by atoms with Crippen LogP contribution in [0.25, 0.3) is 0 Å². The molecule has 2 rings (SSSR count). The van der Waals surface area contributed by atoms with Crippen molar-refractivity contribution in [1.29, 1.82) is 0 Å². The molecule has 0 aliphatic heterocycles. The molecular weight excluding hydrogens is 192 g/mol. The van der Waals surface area contributed by atoms with Crippen LogP contribution < -0.4 is 0 Å². The van der Waals surface area contributed by atoms with E-state index < -0.39 is 0 Å². The first-order valence-corrected chi connectivity index (χ1v) is 6.21. The van der Waals surface area contributed by atoms with Crippen molar-refractivity contribution in [2.75, 3.05) is 0 Å². The lowest BCUT2D eigenvalue weighted by Crippen LogP contribution is -2.23. The summed E-state index contributed by atoms with van der Waals surface area (Å²) in [6, 6.07) is 4.26. The Labute approximate surface area is 89.1 Å². The number of carbonyl (C=O) groups is 1. The van der Waals surface area contributed by atoms with Gasteiger partial charge in [0.25, 0.3) is 0 Å². The molecule has 1 aromatic rings. The highest BCUT2D eigenvalue weighted by molar-refractivity contribution is 7.12. The second kappa shape index (κ2) is 4.26. The predicted octanol–water partition coefficient (Wildman–Crippen LogP) is 3.22. The van der Waals surface area contributed by atoms with Crippen LogP contribution in [0.1, 0.15) is 35.9 Å². The van der Waals surface area contributed by atoms with Crippen molar-refractivity contribution in [1.82, 2.24) is 0 Å². The van der Waals surface area contributed by atoms with Crippen molar-refractivity contribution in [2.24, 2.45) is 5.92 Å². The summed E-state index contributed by atoms with van der Waals surface area (Å²) in [4.78, 5) is 14.3. The van der Waals surface area contributed by atoms with Gasteiger partial charge in [0.15, 0.2) is 0 Å². The third-order valence-corrected chi connectivity index (χ3v) is 4.20. The third-order valence-electron chi connectivity index (χ3n) is 2.97. The van der Waals surface area contributed by atoms with E-state index in [1.165, 1.54) is 16.2 Å². The van der Waals surface area contributed by atoms with Crippen molar-refractivity contribution < 1.29 is 4.79 Å². The number of carbonyl (C=O) groups excluding carboxylic acids is 1. The Hall–Kier alpha value is -0.630. The van der Waals surface area contributed by atoms with Crippen molar-refractivity contribution in [3.05, 3.63) is 21.9 Å². The number of hydrogen-bond donors (Lipinski definition) is 0. The molecule has 0 atom stereocenters. The number of rotatable bonds is 4. The van der Waals surface area contributed by atoms with Gasteiger partial charge in [-0.3, -0.25) is 4.79 Å². The predicted molar refractivity (Wildman–Crippen MR) is 59.7 cm³/mol. The quantitative estimate of drug-likeness (QED) is 0.742. The molecule has 0 aromatic carbocycles. The summed E-state index contributed by atoms with van der Waals surface area (Å²) < 4.78 is 0. The van der Waals surface area contributed by atoms with Gasteiger partial charge in [-0.1, -0.05) is 13.3 Å². The maximum atomic E-state index is 11.7. The number of thiophene rings is 1. The Kier molecular flexibility index (Phi) is 3.02. The van der Waals surface area contributed by atoms with Gasteiger partial charge in [0.05, 0.1) is 0 Å². The third kappa shape index (κ3) is 2.06. The normalized spacial score (nSPS) is 16.6. The minimum Gasteiger partial charge on any atom is -0.299 e. The van der Waals surface area contributed by atoms with Crippen LogP contribution in [0.15, 0.2) is 12.1 Å². The molecule has 1 nitrogen and oxygen atoms in total. The zero-order chi connectivity index (χ0) is 9.97. The topological polar surface area (TPSA) is 17.1 Å². The van der Waals surface area contributed by atoms with E-state index in [4.69, 9.17) is 0 Å². The van der Waals surface area contributed by atoms with Gasteiger partial charge in [-0.15, -0.1) is 11.3 Å². The summed E-state index contributed by atoms with van der Waals surface area (Å²) in [5.74, 6) is 0.850. The summed E-state index contributed by atoms with van der Waals surface area (Å²) >= 11 is 1.79. The molecule has 0 radical (unpaired) electrons. The van der Waals surface area contributed by atoms with E-state index in [0.29, 0.717) is 18.1 Å². The lowest BCUT2D eigenvalue weighted by atomic mass is 9.81. The number of ketones is 1. The maximum absolute atomic E-state index is 11.7. The number of aryl methyl sites for hydroxylation is 1. The zero-order valence-electron chi connectivity index (χ0n) is 8.58. The molecule has 1 aliphatic rings. The SMILES string of the molecule is CCc1ccc(CC(=O)C2CCC2)s1. The zero-order valence-corrected chi connectivity index (χ0v) is 9.40. The Morgan fingerprint density at radius 1 is 1.43 bits per heavy atom. The second-order valence-electron chi connectivity index (χ2n) is 3.99. The van der Waals surface area contributed by atoms with Gasteiger partial charge in [0.2, 0.25) is 0 Å². The first kappa shape index (κ1) is 9.91. The molecule has 2 heteroatoms. The van der Waals surface area contributed by atoms with Crippen LogP contribution in [0.2, 0.25) is 0 Å². The van der Waals surface area contributed by atoms with E-state index in [0.717, 1.165) is 19.3 Å². The van der Waals surface area contributed by atoms with Crippen molar-refractivity contribution in [2.45, 2.75) is 39.0 Å². The lowest BCUT2D eigenvalue weighted by molar-refractivity contribution is -0.124. The van der Waals surface area contributed by atoms with Crippen LogP contribution in [-0.2, 0) is 17.6 Å². The van der Waals surface area contributed by atoms with Gasteiger partial charge in [-0.05, 0) is 31.4 Å². The summed E-state index contributed by atoms with van der Waals surface area (Å²) in [6.07, 6.45) is 5.27. The minimum absolute atomic E-state index is 0.391. The van der Waals surface area contributed by atoms with Crippen LogP contribution >= 0.6 is 11.3 Å². The Balaban J connectivity index is 1.92. The van der Waals surface area contributed by atoms with Crippen LogP contribution in [0.4, 0.5) is 0 Å². The number of hydrogen-bond acceptors (Lipinski definition) is 2.